The maximum Gasteiger partial charge on any atom is 0.262 e. The lowest BCUT2D eigenvalue weighted by atomic mass is 10.0. The van der Waals surface area contributed by atoms with Gasteiger partial charge < -0.3 is 10.1 Å². The third-order valence-electron chi connectivity index (χ3n) is 5.61. The number of ether oxygens (including phenoxy) is 1. The van der Waals surface area contributed by atoms with Crippen molar-refractivity contribution >= 4 is 52.1 Å². The predicted octanol–water partition coefficient (Wildman–Crippen LogP) is 8.00. The summed E-state index contributed by atoms with van der Waals surface area (Å²) in [6, 6.07) is 27.7. The first-order chi connectivity index (χ1) is 16.5. The van der Waals surface area contributed by atoms with Gasteiger partial charge in [0.15, 0.2) is 0 Å². The Bertz CT molecular complexity index is 1360. The van der Waals surface area contributed by atoms with Crippen molar-refractivity contribution in [3.05, 3.63) is 123 Å². The zero-order chi connectivity index (χ0) is 23.7. The summed E-state index contributed by atoms with van der Waals surface area (Å²) in [6.45, 7) is 0.292. The fraction of sp³-hybridized carbons (Fsp3) is 0.0741. The number of halogens is 3. The van der Waals surface area contributed by atoms with Gasteiger partial charge in [-0.1, -0.05) is 65.1 Å². The van der Waals surface area contributed by atoms with Gasteiger partial charge in [0.2, 0.25) is 0 Å². The molecule has 7 heteroatoms. The Balaban J connectivity index is 1.48. The molecule has 0 aliphatic carbocycles. The molecule has 4 aromatic rings. The van der Waals surface area contributed by atoms with E-state index in [0.29, 0.717) is 33.0 Å². The first-order valence-corrected chi connectivity index (χ1v) is 11.7. The van der Waals surface area contributed by atoms with Gasteiger partial charge in [-0.25, -0.2) is 0 Å². The highest BCUT2D eigenvalue weighted by atomic mass is 35.5. The number of nitrogens with zero attached hydrogens (tertiary/aromatic N) is 1. The van der Waals surface area contributed by atoms with Crippen LogP contribution in [0.25, 0.3) is 0 Å². The molecule has 0 saturated carbocycles. The first kappa shape index (κ1) is 22.6. The van der Waals surface area contributed by atoms with Crippen molar-refractivity contribution < 1.29 is 9.53 Å². The van der Waals surface area contributed by atoms with Gasteiger partial charge in [0, 0.05) is 32.0 Å². The largest absolute Gasteiger partial charge is 0.489 e. The zero-order valence-electron chi connectivity index (χ0n) is 17.8. The van der Waals surface area contributed by atoms with Crippen molar-refractivity contribution in [3.8, 4) is 5.75 Å². The van der Waals surface area contributed by atoms with E-state index in [2.05, 4.69) is 5.32 Å². The molecule has 0 aromatic heterocycles. The lowest BCUT2D eigenvalue weighted by molar-refractivity contribution is 0.0975. The van der Waals surface area contributed by atoms with E-state index in [1.54, 1.807) is 29.2 Å². The summed E-state index contributed by atoms with van der Waals surface area (Å²) in [5.74, 6) is 0.564. The molecule has 5 rings (SSSR count). The van der Waals surface area contributed by atoms with E-state index in [1.807, 2.05) is 66.7 Å². The smallest absolute Gasteiger partial charge is 0.262 e. The molecule has 1 atom stereocenters. The van der Waals surface area contributed by atoms with Crippen LogP contribution < -0.4 is 15.0 Å². The van der Waals surface area contributed by atoms with E-state index >= 15 is 0 Å². The Morgan fingerprint density at radius 2 is 1.59 bits per heavy atom. The van der Waals surface area contributed by atoms with Gasteiger partial charge in [0.25, 0.3) is 5.91 Å². The minimum absolute atomic E-state index is 0.0964. The minimum Gasteiger partial charge on any atom is -0.489 e. The number of carbonyl (C=O) groups excluding carboxylic acids is 1. The van der Waals surface area contributed by atoms with Crippen LogP contribution >= 0.6 is 34.8 Å². The fourth-order valence-corrected chi connectivity index (χ4v) is 4.52. The maximum absolute atomic E-state index is 13.5. The van der Waals surface area contributed by atoms with Gasteiger partial charge in [-0.2, -0.15) is 0 Å². The molecular formula is C27H19Cl3N2O2. The van der Waals surface area contributed by atoms with Gasteiger partial charge in [0.05, 0.1) is 5.56 Å². The standard InChI is InChI=1S/C27H19Cl3N2O2/c28-19-10-12-21(13-11-19)32-26(31-25-7-2-1-6-23(25)27(32)33)17-4-3-5-22(14-17)34-16-18-8-9-20(29)15-24(18)30/h1-15,26,31H,16H2/t26-/m1/s1. The number of amides is 1. The Morgan fingerprint density at radius 1 is 0.824 bits per heavy atom. The number of hydrogen-bond donors (Lipinski definition) is 1. The van der Waals surface area contributed by atoms with Crippen LogP contribution in [0.15, 0.2) is 91.0 Å². The zero-order valence-corrected chi connectivity index (χ0v) is 20.1. The first-order valence-electron chi connectivity index (χ1n) is 10.6. The number of para-hydroxylation sites is 1. The second-order valence-corrected chi connectivity index (χ2v) is 9.12. The van der Waals surface area contributed by atoms with E-state index in [9.17, 15) is 4.79 Å². The van der Waals surface area contributed by atoms with Gasteiger partial charge in [-0.15, -0.1) is 0 Å². The summed E-state index contributed by atoms with van der Waals surface area (Å²) < 4.78 is 6.02. The molecule has 0 spiro atoms. The third kappa shape index (κ3) is 4.58. The van der Waals surface area contributed by atoms with Crippen molar-refractivity contribution in [2.45, 2.75) is 12.8 Å². The number of benzene rings is 4. The van der Waals surface area contributed by atoms with Crippen LogP contribution in [0.4, 0.5) is 11.4 Å². The monoisotopic (exact) mass is 508 g/mol. The maximum atomic E-state index is 13.5. The molecule has 170 valence electrons. The topological polar surface area (TPSA) is 41.6 Å². The average Bonchev–Trinajstić information content (AvgIpc) is 2.84. The van der Waals surface area contributed by atoms with E-state index in [4.69, 9.17) is 39.5 Å². The summed E-state index contributed by atoms with van der Waals surface area (Å²) in [5, 5.41) is 5.23. The van der Waals surface area contributed by atoms with Crippen LogP contribution in [-0.4, -0.2) is 5.91 Å². The van der Waals surface area contributed by atoms with Gasteiger partial charge in [0.1, 0.15) is 18.5 Å². The molecule has 1 aliphatic rings. The summed E-state index contributed by atoms with van der Waals surface area (Å²) in [6.07, 6.45) is -0.439. The molecule has 4 nitrogen and oxygen atoms in total. The molecule has 0 radical (unpaired) electrons. The summed E-state index contributed by atoms with van der Waals surface area (Å²) in [7, 11) is 0. The summed E-state index contributed by atoms with van der Waals surface area (Å²) >= 11 is 18.4. The van der Waals surface area contributed by atoms with E-state index in [0.717, 1.165) is 22.5 Å². The molecule has 0 unspecified atom stereocenters. The Kier molecular flexibility index (Phi) is 6.38. The van der Waals surface area contributed by atoms with Gasteiger partial charge >= 0.3 is 0 Å². The van der Waals surface area contributed by atoms with E-state index in [1.165, 1.54) is 0 Å². The highest BCUT2D eigenvalue weighted by molar-refractivity contribution is 6.35. The minimum atomic E-state index is -0.439. The molecule has 1 N–H and O–H groups in total. The van der Waals surface area contributed by atoms with Crippen LogP contribution in [-0.2, 0) is 6.61 Å². The van der Waals surface area contributed by atoms with Crippen LogP contribution in [0.2, 0.25) is 15.1 Å². The average molecular weight is 510 g/mol. The number of hydrogen-bond acceptors (Lipinski definition) is 3. The summed E-state index contributed by atoms with van der Waals surface area (Å²) in [4.78, 5) is 15.3. The van der Waals surface area contributed by atoms with Gasteiger partial charge in [-0.05, 0) is 66.2 Å². The molecular weight excluding hydrogens is 491 g/mol. The number of nitrogens with one attached hydrogen (secondary N) is 1. The van der Waals surface area contributed by atoms with Crippen molar-refractivity contribution in [2.24, 2.45) is 0 Å². The lowest BCUT2D eigenvalue weighted by Crippen LogP contribution is -2.43. The highest BCUT2D eigenvalue weighted by Gasteiger charge is 2.34. The third-order valence-corrected chi connectivity index (χ3v) is 6.45. The van der Waals surface area contributed by atoms with Gasteiger partial charge in [-0.3, -0.25) is 9.69 Å². The number of carbonyl (C=O) groups is 1. The quantitative estimate of drug-likeness (QED) is 0.296. The number of fused-ring (bicyclic) bond motifs is 1. The molecule has 0 saturated heterocycles. The molecule has 0 bridgehead atoms. The fourth-order valence-electron chi connectivity index (χ4n) is 3.93. The van der Waals surface area contributed by atoms with Crippen LogP contribution in [0.5, 0.6) is 5.75 Å². The van der Waals surface area contributed by atoms with Crippen molar-refractivity contribution in [1.82, 2.24) is 0 Å². The Morgan fingerprint density at radius 3 is 2.38 bits per heavy atom. The van der Waals surface area contributed by atoms with Crippen molar-refractivity contribution in [1.29, 1.82) is 0 Å². The Labute approximate surface area is 212 Å². The SMILES string of the molecule is O=C1c2ccccc2N[C@@H](c2cccc(OCc3ccc(Cl)cc3Cl)c2)N1c1ccc(Cl)cc1. The molecule has 4 aromatic carbocycles. The van der Waals surface area contributed by atoms with Crippen LogP contribution in [0.1, 0.15) is 27.7 Å². The molecule has 1 aliphatic heterocycles. The molecule has 34 heavy (non-hydrogen) atoms. The van der Waals surface area contributed by atoms with Crippen LogP contribution in [0, 0.1) is 0 Å². The van der Waals surface area contributed by atoms with Crippen molar-refractivity contribution in [2.75, 3.05) is 10.2 Å². The summed E-state index contributed by atoms with van der Waals surface area (Å²) in [5.41, 5.74) is 3.83. The second-order valence-electron chi connectivity index (χ2n) is 7.84. The van der Waals surface area contributed by atoms with Crippen LogP contribution in [0.3, 0.4) is 0 Å². The molecule has 0 fully saturated rings. The molecule has 1 amide bonds. The number of rotatable bonds is 5. The predicted molar refractivity (Wildman–Crippen MR) is 138 cm³/mol. The molecule has 1 heterocycles. The lowest BCUT2D eigenvalue weighted by Gasteiger charge is -2.38. The normalized spacial score (nSPS) is 15.0. The van der Waals surface area contributed by atoms with E-state index < -0.39 is 6.17 Å². The van der Waals surface area contributed by atoms with Crippen molar-refractivity contribution in [3.63, 3.8) is 0 Å². The van der Waals surface area contributed by atoms with E-state index in [-0.39, 0.29) is 5.91 Å². The number of anilines is 2. The highest BCUT2D eigenvalue weighted by Crippen LogP contribution is 2.37. The second kappa shape index (κ2) is 9.59. The Hall–Kier alpha value is -3.18.